The molecule has 0 saturated heterocycles. The lowest BCUT2D eigenvalue weighted by molar-refractivity contribution is -0.206. The maximum absolute atomic E-state index is 13.4. The summed E-state index contributed by atoms with van der Waals surface area (Å²) < 4.78 is 108. The summed E-state index contributed by atoms with van der Waals surface area (Å²) in [6.07, 6.45) is -6.72. The van der Waals surface area contributed by atoms with E-state index in [0.717, 1.165) is 6.42 Å². The molecular formula is C15H14F8O2. The Morgan fingerprint density at radius 1 is 0.880 bits per heavy atom. The van der Waals surface area contributed by atoms with E-state index in [9.17, 15) is 39.9 Å². The third kappa shape index (κ3) is 5.05. The molecule has 0 unspecified atom stereocenters. The zero-order chi connectivity index (χ0) is 19.4. The molecule has 0 fully saturated rings. The molecule has 1 aromatic rings. The SMILES string of the molecule is CCCCCC[C@H](OC(=O)c1c(F)c(F)c(F)c(F)c1F)C(F)(F)F. The Hall–Kier alpha value is -1.87. The monoisotopic (exact) mass is 378 g/mol. The average Bonchev–Trinajstić information content (AvgIpc) is 2.53. The number of hydrogen-bond donors (Lipinski definition) is 0. The molecule has 1 rings (SSSR count). The summed E-state index contributed by atoms with van der Waals surface area (Å²) in [6, 6.07) is 0. The van der Waals surface area contributed by atoms with Crippen molar-refractivity contribution < 1.29 is 44.7 Å². The van der Waals surface area contributed by atoms with Crippen molar-refractivity contribution >= 4 is 5.97 Å². The van der Waals surface area contributed by atoms with Gasteiger partial charge in [-0.25, -0.2) is 26.7 Å². The lowest BCUT2D eigenvalue weighted by Crippen LogP contribution is -2.34. The van der Waals surface area contributed by atoms with Crippen LogP contribution in [-0.4, -0.2) is 18.2 Å². The molecule has 1 aromatic carbocycles. The van der Waals surface area contributed by atoms with Gasteiger partial charge in [-0.15, -0.1) is 0 Å². The fraction of sp³-hybridized carbons (Fsp3) is 0.533. The van der Waals surface area contributed by atoms with E-state index in [0.29, 0.717) is 12.8 Å². The van der Waals surface area contributed by atoms with Crippen molar-refractivity contribution in [1.29, 1.82) is 0 Å². The zero-order valence-electron chi connectivity index (χ0n) is 13.0. The zero-order valence-corrected chi connectivity index (χ0v) is 13.0. The van der Waals surface area contributed by atoms with Gasteiger partial charge in [0.05, 0.1) is 0 Å². The minimum atomic E-state index is -5.05. The van der Waals surface area contributed by atoms with Gasteiger partial charge in [0, 0.05) is 0 Å². The Kier molecular flexibility index (Phi) is 7.18. The fourth-order valence-corrected chi connectivity index (χ4v) is 2.02. The molecule has 0 radical (unpaired) electrons. The van der Waals surface area contributed by atoms with Crippen LogP contribution in [0.2, 0.25) is 0 Å². The second kappa shape index (κ2) is 8.48. The first-order chi connectivity index (χ1) is 11.5. The number of carbonyl (C=O) groups is 1. The molecule has 0 heterocycles. The predicted octanol–water partition coefficient (Wildman–Crippen LogP) is 5.44. The van der Waals surface area contributed by atoms with Gasteiger partial charge < -0.3 is 4.74 Å². The molecule has 0 aliphatic carbocycles. The highest BCUT2D eigenvalue weighted by Gasteiger charge is 2.43. The first-order valence-corrected chi connectivity index (χ1v) is 7.31. The minimum absolute atomic E-state index is 0.00238. The number of ether oxygens (including phenoxy) is 1. The number of benzene rings is 1. The fourth-order valence-electron chi connectivity index (χ4n) is 2.02. The van der Waals surface area contributed by atoms with Crippen LogP contribution >= 0.6 is 0 Å². The molecule has 0 spiro atoms. The van der Waals surface area contributed by atoms with E-state index >= 15 is 0 Å². The lowest BCUT2D eigenvalue weighted by Gasteiger charge is -2.21. The van der Waals surface area contributed by atoms with Crippen LogP contribution in [0.15, 0.2) is 0 Å². The number of halogens is 8. The lowest BCUT2D eigenvalue weighted by atomic mass is 10.1. The standard InChI is InChI=1S/C15H14F8O2/c1-2-3-4-5-6-7(15(21,22)23)25-14(24)8-9(16)11(18)13(20)12(19)10(8)17/h7H,2-6H2,1H3/t7-/m0/s1. The van der Waals surface area contributed by atoms with Crippen LogP contribution in [0.3, 0.4) is 0 Å². The highest BCUT2D eigenvalue weighted by atomic mass is 19.4. The quantitative estimate of drug-likeness (QED) is 0.208. The van der Waals surface area contributed by atoms with Gasteiger partial charge in [0.1, 0.15) is 5.56 Å². The van der Waals surface area contributed by atoms with Crippen molar-refractivity contribution in [3.8, 4) is 0 Å². The van der Waals surface area contributed by atoms with Gasteiger partial charge >= 0.3 is 12.1 Å². The summed E-state index contributed by atoms with van der Waals surface area (Å²) in [5, 5.41) is 0. The van der Waals surface area contributed by atoms with Crippen molar-refractivity contribution in [2.75, 3.05) is 0 Å². The Bertz CT molecular complexity index is 598. The van der Waals surface area contributed by atoms with E-state index in [1.807, 2.05) is 6.92 Å². The number of rotatable bonds is 7. The normalized spacial score (nSPS) is 13.0. The molecule has 10 heteroatoms. The van der Waals surface area contributed by atoms with Crippen LogP contribution in [0.25, 0.3) is 0 Å². The van der Waals surface area contributed by atoms with Crippen LogP contribution in [0.4, 0.5) is 35.1 Å². The molecule has 142 valence electrons. The smallest absolute Gasteiger partial charge is 0.425 e. The van der Waals surface area contributed by atoms with Gasteiger partial charge in [-0.1, -0.05) is 26.2 Å². The predicted molar refractivity (Wildman–Crippen MR) is 70.2 cm³/mol. The Morgan fingerprint density at radius 3 is 1.80 bits per heavy atom. The van der Waals surface area contributed by atoms with Gasteiger partial charge in [0.25, 0.3) is 0 Å². The molecule has 0 aliphatic heterocycles. The van der Waals surface area contributed by atoms with Crippen LogP contribution in [0.5, 0.6) is 0 Å². The van der Waals surface area contributed by atoms with Gasteiger partial charge in [0.2, 0.25) is 5.82 Å². The minimum Gasteiger partial charge on any atom is -0.449 e. The molecule has 0 aromatic heterocycles. The summed E-state index contributed by atoms with van der Waals surface area (Å²) in [7, 11) is 0. The van der Waals surface area contributed by atoms with Crippen molar-refractivity contribution in [2.45, 2.75) is 51.3 Å². The number of unbranched alkanes of at least 4 members (excludes halogenated alkanes) is 3. The highest BCUT2D eigenvalue weighted by molar-refractivity contribution is 5.90. The van der Waals surface area contributed by atoms with Crippen LogP contribution in [0, 0.1) is 29.1 Å². The van der Waals surface area contributed by atoms with E-state index in [2.05, 4.69) is 4.74 Å². The van der Waals surface area contributed by atoms with Crippen LogP contribution in [0.1, 0.15) is 49.4 Å². The Balaban J connectivity index is 3.05. The van der Waals surface area contributed by atoms with Crippen molar-refractivity contribution in [1.82, 2.24) is 0 Å². The van der Waals surface area contributed by atoms with E-state index in [4.69, 9.17) is 0 Å². The largest absolute Gasteiger partial charge is 0.449 e. The summed E-state index contributed by atoms with van der Waals surface area (Å²) >= 11 is 0. The summed E-state index contributed by atoms with van der Waals surface area (Å²) in [5.41, 5.74) is -2.06. The second-order valence-corrected chi connectivity index (χ2v) is 5.23. The molecule has 0 N–H and O–H groups in total. The third-order valence-electron chi connectivity index (χ3n) is 3.35. The third-order valence-corrected chi connectivity index (χ3v) is 3.35. The van der Waals surface area contributed by atoms with Gasteiger partial charge in [0.15, 0.2) is 29.4 Å². The molecule has 0 bridgehead atoms. The van der Waals surface area contributed by atoms with E-state index < -0.39 is 59.3 Å². The van der Waals surface area contributed by atoms with Crippen molar-refractivity contribution in [3.05, 3.63) is 34.6 Å². The number of carbonyl (C=O) groups excluding carboxylic acids is 1. The highest BCUT2D eigenvalue weighted by Crippen LogP contribution is 2.30. The van der Waals surface area contributed by atoms with E-state index in [1.54, 1.807) is 0 Å². The van der Waals surface area contributed by atoms with Gasteiger partial charge in [-0.05, 0) is 12.8 Å². The number of esters is 1. The molecule has 0 saturated carbocycles. The maximum Gasteiger partial charge on any atom is 0.425 e. The number of hydrogen-bond acceptors (Lipinski definition) is 2. The Morgan fingerprint density at radius 2 is 1.36 bits per heavy atom. The van der Waals surface area contributed by atoms with Crippen LogP contribution < -0.4 is 0 Å². The Labute approximate surface area is 137 Å². The second-order valence-electron chi connectivity index (χ2n) is 5.23. The first-order valence-electron chi connectivity index (χ1n) is 7.31. The average molecular weight is 378 g/mol. The van der Waals surface area contributed by atoms with Gasteiger partial charge in [-0.2, -0.15) is 13.2 Å². The summed E-state index contributed by atoms with van der Waals surface area (Å²) in [4.78, 5) is 11.6. The summed E-state index contributed by atoms with van der Waals surface area (Å²) in [6.45, 7) is 1.81. The van der Waals surface area contributed by atoms with Crippen LogP contribution in [-0.2, 0) is 4.74 Å². The van der Waals surface area contributed by atoms with Crippen molar-refractivity contribution in [2.24, 2.45) is 0 Å². The molecule has 2 nitrogen and oxygen atoms in total. The molecular weight excluding hydrogens is 364 g/mol. The molecule has 0 amide bonds. The maximum atomic E-state index is 13.4. The number of alkyl halides is 3. The van der Waals surface area contributed by atoms with E-state index in [-0.39, 0.29) is 6.42 Å². The van der Waals surface area contributed by atoms with Crippen molar-refractivity contribution in [3.63, 3.8) is 0 Å². The molecule has 25 heavy (non-hydrogen) atoms. The topological polar surface area (TPSA) is 26.3 Å². The molecule has 0 aliphatic rings. The molecule has 1 atom stereocenters. The van der Waals surface area contributed by atoms with E-state index in [1.165, 1.54) is 0 Å². The van der Waals surface area contributed by atoms with Gasteiger partial charge in [-0.3, -0.25) is 0 Å². The first kappa shape index (κ1) is 21.2. The summed E-state index contributed by atoms with van der Waals surface area (Å²) in [5.74, 6) is -14.8.